The number of nitrogens with two attached hydrogens (primary N) is 1. The topological polar surface area (TPSA) is 81.9 Å². The summed E-state index contributed by atoms with van der Waals surface area (Å²) in [6, 6.07) is 20.1. The standard InChI is InChI=1S/C25H23BrN2O4/c1-31-22-13-19(11-20(26)23(22)32-15-16-7-3-2-4-8-16)25(30)28-14-18-10-6-5-9-17(18)12-21(28)24(27)29/h2-11,13,21H,12,14-15H2,1H3,(H2,27,29). The van der Waals surface area contributed by atoms with Gasteiger partial charge in [0.25, 0.3) is 5.91 Å². The molecule has 3 aromatic carbocycles. The summed E-state index contributed by atoms with van der Waals surface area (Å²) >= 11 is 3.51. The molecule has 7 heteroatoms. The second-order valence-corrected chi connectivity index (χ2v) is 8.44. The maximum atomic E-state index is 13.4. The zero-order chi connectivity index (χ0) is 22.7. The lowest BCUT2D eigenvalue weighted by molar-refractivity contribution is -0.122. The highest BCUT2D eigenvalue weighted by molar-refractivity contribution is 9.10. The number of methoxy groups -OCH3 is 1. The second kappa shape index (κ2) is 9.44. The summed E-state index contributed by atoms with van der Waals surface area (Å²) in [5.41, 5.74) is 9.08. The Kier molecular flexibility index (Phi) is 6.46. The van der Waals surface area contributed by atoms with Gasteiger partial charge in [0.1, 0.15) is 12.6 Å². The summed E-state index contributed by atoms with van der Waals surface area (Å²) in [4.78, 5) is 27.1. The van der Waals surface area contributed by atoms with Gasteiger partial charge >= 0.3 is 0 Å². The van der Waals surface area contributed by atoms with Crippen LogP contribution in [-0.2, 0) is 24.4 Å². The van der Waals surface area contributed by atoms with Crippen LogP contribution in [0.1, 0.15) is 27.0 Å². The van der Waals surface area contributed by atoms with Crippen LogP contribution < -0.4 is 15.2 Å². The number of carbonyl (C=O) groups is 2. The van der Waals surface area contributed by atoms with Crippen molar-refractivity contribution in [3.8, 4) is 11.5 Å². The molecule has 1 heterocycles. The van der Waals surface area contributed by atoms with Crippen molar-refractivity contribution in [1.82, 2.24) is 4.90 Å². The molecule has 2 N–H and O–H groups in total. The zero-order valence-electron chi connectivity index (χ0n) is 17.6. The van der Waals surface area contributed by atoms with E-state index in [0.29, 0.717) is 41.1 Å². The molecule has 3 aromatic rings. The van der Waals surface area contributed by atoms with Crippen LogP contribution in [0.2, 0.25) is 0 Å². The van der Waals surface area contributed by atoms with Crippen LogP contribution >= 0.6 is 15.9 Å². The molecule has 0 aromatic heterocycles. The summed E-state index contributed by atoms with van der Waals surface area (Å²) < 4.78 is 12.1. The number of carbonyl (C=O) groups excluding carboxylic acids is 2. The van der Waals surface area contributed by atoms with E-state index in [-0.39, 0.29) is 5.91 Å². The molecule has 6 nitrogen and oxygen atoms in total. The van der Waals surface area contributed by atoms with E-state index in [4.69, 9.17) is 15.2 Å². The van der Waals surface area contributed by atoms with Gasteiger partial charge in [-0.1, -0.05) is 54.6 Å². The number of hydrogen-bond acceptors (Lipinski definition) is 4. The lowest BCUT2D eigenvalue weighted by Gasteiger charge is -2.35. The number of nitrogens with zero attached hydrogens (tertiary/aromatic N) is 1. The Morgan fingerprint density at radius 1 is 1.06 bits per heavy atom. The van der Waals surface area contributed by atoms with Crippen LogP contribution in [-0.4, -0.2) is 29.9 Å². The minimum Gasteiger partial charge on any atom is -0.493 e. The third-order valence-corrected chi connectivity index (χ3v) is 6.13. The number of halogens is 1. The highest BCUT2D eigenvalue weighted by Gasteiger charge is 2.34. The maximum absolute atomic E-state index is 13.4. The van der Waals surface area contributed by atoms with Gasteiger partial charge in [-0.2, -0.15) is 0 Å². The van der Waals surface area contributed by atoms with Crippen molar-refractivity contribution >= 4 is 27.7 Å². The van der Waals surface area contributed by atoms with E-state index in [1.54, 1.807) is 12.1 Å². The van der Waals surface area contributed by atoms with Crippen molar-refractivity contribution < 1.29 is 19.1 Å². The summed E-state index contributed by atoms with van der Waals surface area (Å²) in [5, 5.41) is 0. The molecule has 0 spiro atoms. The molecule has 1 aliphatic rings. The normalized spacial score (nSPS) is 15.1. The largest absolute Gasteiger partial charge is 0.493 e. The molecular formula is C25H23BrN2O4. The first kappa shape index (κ1) is 21.9. The fourth-order valence-electron chi connectivity index (χ4n) is 3.87. The molecular weight excluding hydrogens is 472 g/mol. The minimum absolute atomic E-state index is 0.295. The first-order valence-electron chi connectivity index (χ1n) is 10.2. The number of hydrogen-bond donors (Lipinski definition) is 1. The van der Waals surface area contributed by atoms with Crippen molar-refractivity contribution in [2.45, 2.75) is 25.6 Å². The molecule has 0 bridgehead atoms. The van der Waals surface area contributed by atoms with E-state index in [1.807, 2.05) is 54.6 Å². The predicted molar refractivity (Wildman–Crippen MR) is 124 cm³/mol. The van der Waals surface area contributed by atoms with E-state index in [9.17, 15) is 9.59 Å². The van der Waals surface area contributed by atoms with Crippen molar-refractivity contribution in [1.29, 1.82) is 0 Å². The number of benzene rings is 3. The summed E-state index contributed by atoms with van der Waals surface area (Å²) in [6.07, 6.45) is 0.397. The third kappa shape index (κ3) is 4.48. The van der Waals surface area contributed by atoms with Gasteiger partial charge in [0.05, 0.1) is 11.6 Å². The summed E-state index contributed by atoms with van der Waals surface area (Å²) in [6.45, 7) is 0.671. The Hall–Kier alpha value is -3.32. The Labute approximate surface area is 195 Å². The molecule has 164 valence electrons. The Morgan fingerprint density at radius 3 is 2.44 bits per heavy atom. The average molecular weight is 495 g/mol. The fourth-order valence-corrected chi connectivity index (χ4v) is 4.43. The third-order valence-electron chi connectivity index (χ3n) is 5.54. The number of amides is 2. The number of rotatable bonds is 6. The maximum Gasteiger partial charge on any atom is 0.255 e. The van der Waals surface area contributed by atoms with Crippen LogP contribution in [0.15, 0.2) is 71.2 Å². The van der Waals surface area contributed by atoms with E-state index in [0.717, 1.165) is 16.7 Å². The van der Waals surface area contributed by atoms with Gasteiger partial charge in [-0.05, 0) is 44.8 Å². The predicted octanol–water partition coefficient (Wildman–Crippen LogP) is 4.09. The second-order valence-electron chi connectivity index (χ2n) is 7.59. The van der Waals surface area contributed by atoms with Gasteiger partial charge in [-0.3, -0.25) is 9.59 Å². The molecule has 0 aliphatic carbocycles. The smallest absolute Gasteiger partial charge is 0.255 e. The summed E-state index contributed by atoms with van der Waals surface area (Å²) in [5.74, 6) is 0.105. The van der Waals surface area contributed by atoms with E-state index in [2.05, 4.69) is 15.9 Å². The van der Waals surface area contributed by atoms with Crippen molar-refractivity contribution in [2.24, 2.45) is 5.73 Å². The van der Waals surface area contributed by atoms with Crippen molar-refractivity contribution in [2.75, 3.05) is 7.11 Å². The minimum atomic E-state index is -0.712. The Balaban J connectivity index is 1.62. The van der Waals surface area contributed by atoms with Gasteiger partial charge in [0, 0.05) is 18.5 Å². The number of fused-ring (bicyclic) bond motifs is 1. The zero-order valence-corrected chi connectivity index (χ0v) is 19.2. The van der Waals surface area contributed by atoms with Gasteiger partial charge < -0.3 is 20.1 Å². The molecule has 1 unspecified atom stereocenters. The Bertz CT molecular complexity index is 1150. The fraction of sp³-hybridized carbons (Fsp3) is 0.200. The molecule has 0 fully saturated rings. The van der Waals surface area contributed by atoms with Gasteiger partial charge in [0.15, 0.2) is 11.5 Å². The van der Waals surface area contributed by atoms with Crippen molar-refractivity contribution in [3.05, 3.63) is 93.5 Å². The van der Waals surface area contributed by atoms with Gasteiger partial charge in [-0.25, -0.2) is 0 Å². The molecule has 0 radical (unpaired) electrons. The summed E-state index contributed by atoms with van der Waals surface area (Å²) in [7, 11) is 1.52. The monoisotopic (exact) mass is 494 g/mol. The molecule has 0 saturated heterocycles. The molecule has 1 aliphatic heterocycles. The Morgan fingerprint density at radius 2 is 1.75 bits per heavy atom. The highest BCUT2D eigenvalue weighted by atomic mass is 79.9. The molecule has 32 heavy (non-hydrogen) atoms. The van der Waals surface area contributed by atoms with Crippen LogP contribution in [0.25, 0.3) is 0 Å². The van der Waals surface area contributed by atoms with Crippen LogP contribution in [0.5, 0.6) is 11.5 Å². The van der Waals surface area contributed by atoms with E-state index in [1.165, 1.54) is 12.0 Å². The molecule has 4 rings (SSSR count). The number of ether oxygens (including phenoxy) is 2. The quantitative estimate of drug-likeness (QED) is 0.559. The lowest BCUT2D eigenvalue weighted by atomic mass is 9.93. The molecule has 0 saturated carbocycles. The van der Waals surface area contributed by atoms with Gasteiger partial charge in [0.2, 0.25) is 5.91 Å². The van der Waals surface area contributed by atoms with Gasteiger partial charge in [-0.15, -0.1) is 0 Å². The van der Waals surface area contributed by atoms with E-state index < -0.39 is 11.9 Å². The SMILES string of the molecule is COc1cc(C(=O)N2Cc3ccccc3CC2C(N)=O)cc(Br)c1OCc1ccccc1. The highest BCUT2D eigenvalue weighted by Crippen LogP contribution is 2.38. The van der Waals surface area contributed by atoms with E-state index >= 15 is 0 Å². The first-order chi connectivity index (χ1) is 15.5. The van der Waals surface area contributed by atoms with Crippen LogP contribution in [0, 0.1) is 0 Å². The van der Waals surface area contributed by atoms with Crippen LogP contribution in [0.3, 0.4) is 0 Å². The molecule has 1 atom stereocenters. The lowest BCUT2D eigenvalue weighted by Crippen LogP contribution is -2.51. The average Bonchev–Trinajstić information content (AvgIpc) is 2.82. The molecule has 2 amide bonds. The van der Waals surface area contributed by atoms with Crippen LogP contribution in [0.4, 0.5) is 0 Å². The van der Waals surface area contributed by atoms with Crippen molar-refractivity contribution in [3.63, 3.8) is 0 Å². The first-order valence-corrected chi connectivity index (χ1v) is 11.0. The number of primary amides is 1.